The number of pyridine rings is 1. The lowest BCUT2D eigenvalue weighted by atomic mass is 9.89. The van der Waals surface area contributed by atoms with Gasteiger partial charge in [-0.25, -0.2) is 0 Å². The van der Waals surface area contributed by atoms with Crippen molar-refractivity contribution in [3.05, 3.63) is 30.1 Å². The van der Waals surface area contributed by atoms with E-state index in [4.69, 9.17) is 4.74 Å². The van der Waals surface area contributed by atoms with Gasteiger partial charge in [-0.15, -0.1) is 0 Å². The molecule has 0 saturated carbocycles. The van der Waals surface area contributed by atoms with Crippen LogP contribution in [-0.4, -0.2) is 47.1 Å². The Bertz CT molecular complexity index is 492. The molecule has 0 spiro atoms. The Morgan fingerprint density at radius 3 is 2.81 bits per heavy atom. The van der Waals surface area contributed by atoms with Crippen LogP contribution in [0.5, 0.6) is 0 Å². The molecule has 1 aromatic rings. The second-order valence-electron chi connectivity index (χ2n) is 5.14. The van der Waals surface area contributed by atoms with Crippen molar-refractivity contribution in [2.24, 2.45) is 5.92 Å². The third kappa shape index (κ3) is 3.58. The first-order valence-corrected chi connectivity index (χ1v) is 7.06. The van der Waals surface area contributed by atoms with Gasteiger partial charge in [-0.05, 0) is 30.5 Å². The third-order valence-corrected chi connectivity index (χ3v) is 3.84. The van der Waals surface area contributed by atoms with E-state index < -0.39 is 17.9 Å². The zero-order chi connectivity index (χ0) is 15.2. The highest BCUT2D eigenvalue weighted by atomic mass is 16.5. The van der Waals surface area contributed by atoms with Crippen molar-refractivity contribution in [1.29, 1.82) is 0 Å². The van der Waals surface area contributed by atoms with Crippen LogP contribution in [0.25, 0.3) is 0 Å². The van der Waals surface area contributed by atoms with Gasteiger partial charge in [-0.1, -0.05) is 0 Å². The lowest BCUT2D eigenvalue weighted by Gasteiger charge is -2.33. The maximum atomic E-state index is 12.3. The van der Waals surface area contributed by atoms with Crippen molar-refractivity contribution in [2.45, 2.75) is 25.3 Å². The zero-order valence-electron chi connectivity index (χ0n) is 12.1. The summed E-state index contributed by atoms with van der Waals surface area (Å²) in [6.07, 6.45) is 4.73. The molecule has 0 aliphatic carbocycles. The number of aliphatic carboxylic acids is 1. The Labute approximate surface area is 123 Å². The largest absolute Gasteiger partial charge is 0.481 e. The molecule has 114 valence electrons. The van der Waals surface area contributed by atoms with Crippen molar-refractivity contribution < 1.29 is 19.4 Å². The molecule has 1 saturated heterocycles. The monoisotopic (exact) mass is 292 g/mol. The predicted molar refractivity (Wildman–Crippen MR) is 75.5 cm³/mol. The number of aromatic nitrogens is 1. The van der Waals surface area contributed by atoms with E-state index in [1.54, 1.807) is 36.5 Å². The van der Waals surface area contributed by atoms with Crippen molar-refractivity contribution in [2.75, 3.05) is 20.3 Å². The van der Waals surface area contributed by atoms with Crippen LogP contribution in [0.4, 0.5) is 0 Å². The number of hydrogen-bond donors (Lipinski definition) is 1. The quantitative estimate of drug-likeness (QED) is 0.889. The van der Waals surface area contributed by atoms with Crippen LogP contribution in [0.1, 0.15) is 30.9 Å². The Morgan fingerprint density at radius 2 is 2.19 bits per heavy atom. The van der Waals surface area contributed by atoms with Crippen molar-refractivity contribution in [1.82, 2.24) is 9.88 Å². The van der Waals surface area contributed by atoms with Gasteiger partial charge in [-0.3, -0.25) is 14.6 Å². The molecule has 1 N–H and O–H groups in total. The SMILES string of the molecule is COCCN1C(=O)CCCC(C(=O)O)C1c1ccncc1. The molecule has 21 heavy (non-hydrogen) atoms. The molecule has 2 unspecified atom stereocenters. The lowest BCUT2D eigenvalue weighted by Crippen LogP contribution is -2.40. The lowest BCUT2D eigenvalue weighted by molar-refractivity contribution is -0.146. The Balaban J connectivity index is 2.39. The van der Waals surface area contributed by atoms with E-state index >= 15 is 0 Å². The standard InChI is InChI=1S/C15H20N2O4/c1-21-10-9-17-13(18)4-2-3-12(15(19)20)14(17)11-5-7-16-8-6-11/h5-8,12,14H,2-4,9-10H2,1H3,(H,19,20). The van der Waals surface area contributed by atoms with E-state index in [0.29, 0.717) is 32.4 Å². The van der Waals surface area contributed by atoms with Gasteiger partial charge in [0.15, 0.2) is 0 Å². The molecule has 0 bridgehead atoms. The van der Waals surface area contributed by atoms with Crippen molar-refractivity contribution in [3.8, 4) is 0 Å². The first-order chi connectivity index (χ1) is 10.1. The summed E-state index contributed by atoms with van der Waals surface area (Å²) in [6.45, 7) is 0.783. The fraction of sp³-hybridized carbons (Fsp3) is 0.533. The second kappa shape index (κ2) is 7.17. The number of rotatable bonds is 5. The highest BCUT2D eigenvalue weighted by molar-refractivity contribution is 5.79. The van der Waals surface area contributed by atoms with Gasteiger partial charge >= 0.3 is 5.97 Å². The van der Waals surface area contributed by atoms with Crippen LogP contribution in [0.15, 0.2) is 24.5 Å². The number of likely N-dealkylation sites (tertiary alicyclic amines) is 1. The van der Waals surface area contributed by atoms with Gasteiger partial charge < -0.3 is 14.7 Å². The summed E-state index contributed by atoms with van der Waals surface area (Å²) in [5.41, 5.74) is 0.809. The molecule has 1 fully saturated rings. The molecule has 1 aliphatic rings. The number of nitrogens with zero attached hydrogens (tertiary/aromatic N) is 2. The molecule has 0 radical (unpaired) electrons. The number of methoxy groups -OCH3 is 1. The molecule has 1 aromatic heterocycles. The number of carboxylic acid groups (broad SMARTS) is 1. The van der Waals surface area contributed by atoms with E-state index in [9.17, 15) is 14.7 Å². The summed E-state index contributed by atoms with van der Waals surface area (Å²) in [4.78, 5) is 29.6. The van der Waals surface area contributed by atoms with E-state index in [1.165, 1.54) is 0 Å². The highest BCUT2D eigenvalue weighted by Crippen LogP contribution is 2.35. The number of carboxylic acids is 1. The summed E-state index contributed by atoms with van der Waals surface area (Å²) in [5, 5.41) is 9.54. The third-order valence-electron chi connectivity index (χ3n) is 3.84. The maximum Gasteiger partial charge on any atom is 0.308 e. The highest BCUT2D eigenvalue weighted by Gasteiger charge is 2.38. The van der Waals surface area contributed by atoms with Crippen LogP contribution in [0.2, 0.25) is 0 Å². The molecular weight excluding hydrogens is 272 g/mol. The minimum Gasteiger partial charge on any atom is -0.481 e. The van der Waals surface area contributed by atoms with Crippen molar-refractivity contribution >= 4 is 11.9 Å². The summed E-state index contributed by atoms with van der Waals surface area (Å²) >= 11 is 0. The Morgan fingerprint density at radius 1 is 1.48 bits per heavy atom. The summed E-state index contributed by atoms with van der Waals surface area (Å²) in [7, 11) is 1.57. The topological polar surface area (TPSA) is 79.7 Å². The van der Waals surface area contributed by atoms with Gasteiger partial charge in [0.2, 0.25) is 5.91 Å². The maximum absolute atomic E-state index is 12.3. The fourth-order valence-corrected chi connectivity index (χ4v) is 2.83. The summed E-state index contributed by atoms with van der Waals surface area (Å²) in [5.74, 6) is -1.48. The molecular formula is C15H20N2O4. The minimum atomic E-state index is -0.867. The zero-order valence-corrected chi connectivity index (χ0v) is 12.1. The first-order valence-electron chi connectivity index (χ1n) is 7.06. The smallest absolute Gasteiger partial charge is 0.308 e. The normalized spacial score (nSPS) is 22.9. The number of amides is 1. The summed E-state index contributed by atoms with van der Waals surface area (Å²) in [6, 6.07) is 3.09. The van der Waals surface area contributed by atoms with Gasteiger partial charge in [0.25, 0.3) is 0 Å². The first kappa shape index (κ1) is 15.4. The van der Waals surface area contributed by atoms with E-state index in [0.717, 1.165) is 5.56 Å². The van der Waals surface area contributed by atoms with Crippen molar-refractivity contribution in [3.63, 3.8) is 0 Å². The minimum absolute atomic E-state index is 0.0161. The van der Waals surface area contributed by atoms with Crippen LogP contribution in [0, 0.1) is 5.92 Å². The van der Waals surface area contributed by atoms with E-state index in [-0.39, 0.29) is 5.91 Å². The van der Waals surface area contributed by atoms with Crippen LogP contribution < -0.4 is 0 Å². The molecule has 1 amide bonds. The number of hydrogen-bond acceptors (Lipinski definition) is 4. The van der Waals surface area contributed by atoms with Gasteiger partial charge in [-0.2, -0.15) is 0 Å². The van der Waals surface area contributed by atoms with Crippen LogP contribution in [-0.2, 0) is 14.3 Å². The second-order valence-corrected chi connectivity index (χ2v) is 5.14. The van der Waals surface area contributed by atoms with E-state index in [2.05, 4.69) is 4.98 Å². The van der Waals surface area contributed by atoms with Crippen LogP contribution >= 0.6 is 0 Å². The molecule has 0 aromatic carbocycles. The molecule has 2 rings (SSSR count). The number of carbonyl (C=O) groups excluding carboxylic acids is 1. The van der Waals surface area contributed by atoms with Gasteiger partial charge in [0.1, 0.15) is 0 Å². The molecule has 2 atom stereocenters. The predicted octanol–water partition coefficient (Wildman–Crippen LogP) is 1.48. The fourth-order valence-electron chi connectivity index (χ4n) is 2.83. The van der Waals surface area contributed by atoms with Gasteiger partial charge in [0, 0.05) is 32.5 Å². The average molecular weight is 292 g/mol. The molecule has 1 aliphatic heterocycles. The molecule has 6 heteroatoms. The van der Waals surface area contributed by atoms with Crippen LogP contribution in [0.3, 0.4) is 0 Å². The molecule has 2 heterocycles. The molecule has 6 nitrogen and oxygen atoms in total. The number of ether oxygens (including phenoxy) is 1. The van der Waals surface area contributed by atoms with E-state index in [1.807, 2.05) is 0 Å². The van der Waals surface area contributed by atoms with Gasteiger partial charge in [0.05, 0.1) is 18.6 Å². The average Bonchev–Trinajstić information content (AvgIpc) is 2.65. The Hall–Kier alpha value is -1.95. The Kier molecular flexibility index (Phi) is 5.27. The number of carbonyl (C=O) groups is 2. The summed E-state index contributed by atoms with van der Waals surface area (Å²) < 4.78 is 5.06.